The van der Waals surface area contributed by atoms with Crippen molar-refractivity contribution >= 4 is 0 Å². The van der Waals surface area contributed by atoms with E-state index in [0.29, 0.717) is 12.1 Å². The summed E-state index contributed by atoms with van der Waals surface area (Å²) in [5.41, 5.74) is 0. The molecule has 1 N–H and O–H groups in total. The highest BCUT2D eigenvalue weighted by Gasteiger charge is 2.21. The monoisotopic (exact) mass is 237 g/mol. The summed E-state index contributed by atoms with van der Waals surface area (Å²) in [7, 11) is 2.21. The molecule has 1 aromatic rings. The fourth-order valence-corrected chi connectivity index (χ4v) is 2.37. The van der Waals surface area contributed by atoms with Crippen molar-refractivity contribution in [3.8, 4) is 0 Å². The quantitative estimate of drug-likeness (QED) is 0.767. The van der Waals surface area contributed by atoms with Gasteiger partial charge in [0.1, 0.15) is 0 Å². The largest absolute Gasteiger partial charge is 0.314 e. The lowest BCUT2D eigenvalue weighted by Crippen LogP contribution is -2.45. The topological polar surface area (TPSA) is 46.0 Å². The molecule has 0 radical (unpaired) electrons. The van der Waals surface area contributed by atoms with Crippen molar-refractivity contribution in [1.29, 1.82) is 0 Å². The minimum absolute atomic E-state index is 0.692. The number of nitrogens with one attached hydrogen (secondary N) is 1. The van der Waals surface area contributed by atoms with Gasteiger partial charge in [-0.2, -0.15) is 0 Å². The van der Waals surface area contributed by atoms with Gasteiger partial charge in [-0.15, -0.1) is 5.10 Å². The molecule has 0 spiro atoms. The molecule has 1 fully saturated rings. The third kappa shape index (κ3) is 3.78. The van der Waals surface area contributed by atoms with Crippen LogP contribution in [0.4, 0.5) is 0 Å². The van der Waals surface area contributed by atoms with Crippen LogP contribution in [0.1, 0.15) is 26.2 Å². The standard InChI is InChI=1S/C12H23N5/c1-11-10-12(4-8-16(11)2)13-5-3-7-17-9-6-14-15-17/h6,9,11-13H,3-5,7-8,10H2,1-2H3. The van der Waals surface area contributed by atoms with Crippen LogP contribution in [0.25, 0.3) is 0 Å². The molecule has 5 nitrogen and oxygen atoms in total. The third-order valence-corrected chi connectivity index (χ3v) is 3.68. The van der Waals surface area contributed by atoms with E-state index >= 15 is 0 Å². The Morgan fingerprint density at radius 1 is 1.47 bits per heavy atom. The third-order valence-electron chi connectivity index (χ3n) is 3.68. The lowest BCUT2D eigenvalue weighted by atomic mass is 9.99. The zero-order chi connectivity index (χ0) is 12.1. The van der Waals surface area contributed by atoms with E-state index < -0.39 is 0 Å². The van der Waals surface area contributed by atoms with E-state index in [-0.39, 0.29) is 0 Å². The summed E-state index contributed by atoms with van der Waals surface area (Å²) in [5, 5.41) is 11.4. The zero-order valence-electron chi connectivity index (χ0n) is 10.8. The maximum absolute atomic E-state index is 3.95. The number of hydrogen-bond acceptors (Lipinski definition) is 4. The molecule has 1 aliphatic rings. The summed E-state index contributed by atoms with van der Waals surface area (Å²) < 4.78 is 1.89. The summed E-state index contributed by atoms with van der Waals surface area (Å²) in [6.45, 7) is 5.54. The first-order valence-corrected chi connectivity index (χ1v) is 6.53. The molecule has 2 atom stereocenters. The summed E-state index contributed by atoms with van der Waals surface area (Å²) in [6, 6.07) is 1.40. The first kappa shape index (κ1) is 12.5. The lowest BCUT2D eigenvalue weighted by Gasteiger charge is -2.35. The molecule has 96 valence electrons. The number of nitrogens with zero attached hydrogens (tertiary/aromatic N) is 4. The van der Waals surface area contributed by atoms with E-state index in [2.05, 4.69) is 34.5 Å². The van der Waals surface area contributed by atoms with Crippen LogP contribution >= 0.6 is 0 Å². The average molecular weight is 237 g/mol. The van der Waals surface area contributed by atoms with E-state index in [1.165, 1.54) is 19.4 Å². The molecule has 1 aliphatic heterocycles. The Balaban J connectivity index is 1.59. The predicted octanol–water partition coefficient (Wildman–Crippen LogP) is 0.740. The first-order chi connectivity index (χ1) is 8.25. The average Bonchev–Trinajstić information content (AvgIpc) is 2.82. The molecule has 5 heteroatoms. The molecule has 1 aromatic heterocycles. The summed E-state index contributed by atoms with van der Waals surface area (Å²) in [6.07, 6.45) is 7.29. The van der Waals surface area contributed by atoms with Crippen molar-refractivity contribution in [2.45, 2.75) is 44.8 Å². The van der Waals surface area contributed by atoms with E-state index in [1.807, 2.05) is 10.9 Å². The molecular formula is C12H23N5. The van der Waals surface area contributed by atoms with E-state index in [1.54, 1.807) is 6.20 Å². The number of likely N-dealkylation sites (tertiary alicyclic amines) is 1. The molecule has 0 amide bonds. The Bertz CT molecular complexity index is 311. The van der Waals surface area contributed by atoms with E-state index in [4.69, 9.17) is 0 Å². The van der Waals surface area contributed by atoms with Crippen LogP contribution in [0.3, 0.4) is 0 Å². The fraction of sp³-hybridized carbons (Fsp3) is 0.833. The van der Waals surface area contributed by atoms with Crippen molar-refractivity contribution in [2.24, 2.45) is 0 Å². The second-order valence-corrected chi connectivity index (χ2v) is 5.02. The van der Waals surface area contributed by atoms with Crippen LogP contribution in [0.2, 0.25) is 0 Å². The van der Waals surface area contributed by atoms with Gasteiger partial charge in [0.25, 0.3) is 0 Å². The molecule has 2 heterocycles. The predicted molar refractivity (Wildman–Crippen MR) is 67.8 cm³/mol. The Morgan fingerprint density at radius 3 is 3.06 bits per heavy atom. The molecule has 17 heavy (non-hydrogen) atoms. The SMILES string of the molecule is CC1CC(NCCCn2ccnn2)CCN1C. The van der Waals surface area contributed by atoms with Crippen LogP contribution < -0.4 is 5.32 Å². The Labute approximate surface area is 103 Å². The van der Waals surface area contributed by atoms with Gasteiger partial charge >= 0.3 is 0 Å². The maximum Gasteiger partial charge on any atom is 0.0692 e. The minimum atomic E-state index is 0.692. The molecule has 0 aromatic carbocycles. The molecule has 0 aliphatic carbocycles. The van der Waals surface area contributed by atoms with Crippen LogP contribution in [0.5, 0.6) is 0 Å². The van der Waals surface area contributed by atoms with Crippen LogP contribution in [-0.4, -0.2) is 52.1 Å². The van der Waals surface area contributed by atoms with E-state index in [9.17, 15) is 0 Å². The highest BCUT2D eigenvalue weighted by molar-refractivity contribution is 4.81. The summed E-state index contributed by atoms with van der Waals surface area (Å²) in [4.78, 5) is 2.44. The smallest absolute Gasteiger partial charge is 0.0692 e. The van der Waals surface area contributed by atoms with Gasteiger partial charge in [0.05, 0.1) is 6.20 Å². The maximum atomic E-state index is 3.95. The number of aromatic nitrogens is 3. The van der Waals surface area contributed by atoms with Crippen molar-refractivity contribution in [3.63, 3.8) is 0 Å². The van der Waals surface area contributed by atoms with Gasteiger partial charge in [0, 0.05) is 24.8 Å². The molecular weight excluding hydrogens is 214 g/mol. The Hall–Kier alpha value is -0.940. The Kier molecular flexibility index (Phi) is 4.50. The van der Waals surface area contributed by atoms with Crippen LogP contribution in [0, 0.1) is 0 Å². The van der Waals surface area contributed by atoms with Gasteiger partial charge in [0.2, 0.25) is 0 Å². The highest BCUT2D eigenvalue weighted by Crippen LogP contribution is 2.14. The fourth-order valence-electron chi connectivity index (χ4n) is 2.37. The highest BCUT2D eigenvalue weighted by atomic mass is 15.4. The molecule has 1 saturated heterocycles. The zero-order valence-corrected chi connectivity index (χ0v) is 10.8. The van der Waals surface area contributed by atoms with Crippen LogP contribution in [-0.2, 0) is 6.54 Å². The summed E-state index contributed by atoms with van der Waals surface area (Å²) >= 11 is 0. The Morgan fingerprint density at radius 2 is 2.35 bits per heavy atom. The molecule has 2 unspecified atom stereocenters. The molecule has 0 bridgehead atoms. The van der Waals surface area contributed by atoms with Gasteiger partial charge in [-0.3, -0.25) is 4.68 Å². The lowest BCUT2D eigenvalue weighted by molar-refractivity contribution is 0.168. The first-order valence-electron chi connectivity index (χ1n) is 6.53. The van der Waals surface area contributed by atoms with Crippen molar-refractivity contribution in [1.82, 2.24) is 25.2 Å². The van der Waals surface area contributed by atoms with Crippen molar-refractivity contribution in [2.75, 3.05) is 20.1 Å². The van der Waals surface area contributed by atoms with Crippen LogP contribution in [0.15, 0.2) is 12.4 Å². The second kappa shape index (κ2) is 6.12. The van der Waals surface area contributed by atoms with Gasteiger partial charge in [0.15, 0.2) is 0 Å². The van der Waals surface area contributed by atoms with E-state index in [0.717, 1.165) is 19.5 Å². The van der Waals surface area contributed by atoms with Crippen molar-refractivity contribution in [3.05, 3.63) is 12.4 Å². The number of rotatable bonds is 5. The van der Waals surface area contributed by atoms with Gasteiger partial charge in [-0.05, 0) is 46.3 Å². The number of hydrogen-bond donors (Lipinski definition) is 1. The normalized spacial score (nSPS) is 26.2. The number of aryl methyl sites for hydroxylation is 1. The summed E-state index contributed by atoms with van der Waals surface area (Å²) in [5.74, 6) is 0. The number of piperidine rings is 1. The van der Waals surface area contributed by atoms with Gasteiger partial charge < -0.3 is 10.2 Å². The second-order valence-electron chi connectivity index (χ2n) is 5.02. The molecule has 2 rings (SSSR count). The van der Waals surface area contributed by atoms with Gasteiger partial charge in [-0.1, -0.05) is 5.21 Å². The minimum Gasteiger partial charge on any atom is -0.314 e. The molecule has 0 saturated carbocycles. The van der Waals surface area contributed by atoms with Gasteiger partial charge in [-0.25, -0.2) is 0 Å². The van der Waals surface area contributed by atoms with Crippen molar-refractivity contribution < 1.29 is 0 Å².